The van der Waals surface area contributed by atoms with Crippen LogP contribution in [0.25, 0.3) is 6.08 Å². The minimum absolute atomic E-state index is 0.106. The number of hydrogen-bond donors (Lipinski definition) is 0. The predicted octanol–water partition coefficient (Wildman–Crippen LogP) is 2.22. The average molecular weight is 335 g/mol. The summed E-state index contributed by atoms with van der Waals surface area (Å²) in [7, 11) is 1.37. The van der Waals surface area contributed by atoms with Crippen LogP contribution in [-0.4, -0.2) is 54.6 Å². The first-order chi connectivity index (χ1) is 11.2. The maximum atomic E-state index is 12.3. The number of benzene rings is 1. The van der Waals surface area contributed by atoms with Crippen LogP contribution in [0.2, 0.25) is 0 Å². The summed E-state index contributed by atoms with van der Waals surface area (Å²) in [5, 5.41) is -0.304. The van der Waals surface area contributed by atoms with E-state index < -0.39 is 0 Å². The molecular weight excluding hydrogens is 314 g/mol. The molecule has 0 spiro atoms. The highest BCUT2D eigenvalue weighted by Crippen LogP contribution is 2.22. The van der Waals surface area contributed by atoms with Gasteiger partial charge in [-0.05, 0) is 19.1 Å². The van der Waals surface area contributed by atoms with E-state index in [1.54, 1.807) is 11.0 Å². The molecule has 5 nitrogen and oxygen atoms in total. The molecule has 124 valence electrons. The molecule has 0 N–H and O–H groups in total. The van der Waals surface area contributed by atoms with Crippen molar-refractivity contribution in [1.29, 1.82) is 0 Å². The third kappa shape index (κ3) is 4.76. The maximum Gasteiger partial charge on any atom is 0.320 e. The number of nitrogens with zero attached hydrogens (tertiary/aromatic N) is 1. The van der Waals surface area contributed by atoms with Crippen LogP contribution in [-0.2, 0) is 14.3 Å². The lowest BCUT2D eigenvalue weighted by molar-refractivity contribution is -0.140. The van der Waals surface area contributed by atoms with Crippen molar-refractivity contribution in [2.24, 2.45) is 0 Å². The first-order valence-corrected chi connectivity index (χ1v) is 8.58. The highest BCUT2D eigenvalue weighted by molar-refractivity contribution is 8.00. The molecule has 0 unspecified atom stereocenters. The Hall–Kier alpha value is -1.95. The first-order valence-electron chi connectivity index (χ1n) is 7.54. The number of para-hydroxylation sites is 1. The molecule has 0 bridgehead atoms. The van der Waals surface area contributed by atoms with Crippen molar-refractivity contribution in [1.82, 2.24) is 4.90 Å². The molecule has 1 atom stereocenters. The molecular formula is C17H21NO4S. The van der Waals surface area contributed by atoms with Gasteiger partial charge in [-0.3, -0.25) is 9.59 Å². The van der Waals surface area contributed by atoms with Crippen LogP contribution in [0.4, 0.5) is 0 Å². The minimum atomic E-state index is -0.304. The first kappa shape index (κ1) is 17.4. The van der Waals surface area contributed by atoms with Crippen molar-refractivity contribution in [3.63, 3.8) is 0 Å². The Labute approximate surface area is 140 Å². The molecule has 2 rings (SSSR count). The molecule has 1 aromatic rings. The molecule has 23 heavy (non-hydrogen) atoms. The van der Waals surface area contributed by atoms with Gasteiger partial charge in [0.2, 0.25) is 5.91 Å². The fourth-order valence-electron chi connectivity index (χ4n) is 2.30. The Morgan fingerprint density at radius 3 is 2.91 bits per heavy atom. The second-order valence-electron chi connectivity index (χ2n) is 4.97. The molecule has 0 saturated carbocycles. The lowest BCUT2D eigenvalue weighted by atomic mass is 10.2. The largest absolute Gasteiger partial charge is 0.493 e. The molecule has 0 radical (unpaired) electrons. The highest BCUT2D eigenvalue weighted by atomic mass is 32.2. The summed E-state index contributed by atoms with van der Waals surface area (Å²) in [6.07, 6.45) is 3.28. The number of esters is 1. The van der Waals surface area contributed by atoms with Crippen molar-refractivity contribution in [3.05, 3.63) is 35.9 Å². The van der Waals surface area contributed by atoms with Crippen molar-refractivity contribution in [3.8, 4) is 5.75 Å². The number of hydrogen-bond acceptors (Lipinski definition) is 5. The van der Waals surface area contributed by atoms with E-state index in [1.807, 2.05) is 31.2 Å². The van der Waals surface area contributed by atoms with Gasteiger partial charge >= 0.3 is 5.97 Å². The molecule has 1 heterocycles. The lowest BCUT2D eigenvalue weighted by Gasteiger charge is -2.30. The lowest BCUT2D eigenvalue weighted by Crippen LogP contribution is -2.44. The Bertz CT molecular complexity index is 588. The van der Waals surface area contributed by atoms with E-state index >= 15 is 0 Å². The molecule has 0 aliphatic carbocycles. The smallest absolute Gasteiger partial charge is 0.320 e. The molecule has 1 saturated heterocycles. The molecule has 1 fully saturated rings. The summed E-state index contributed by atoms with van der Waals surface area (Å²) in [4.78, 5) is 25.6. The standard InChI is InChI=1S/C17H21NO4S/c1-3-22-14-7-5-4-6-13(14)8-9-16(19)18-10-11-23-15(12-18)17(20)21-2/h4-9,15H,3,10-12H2,1-2H3/b9-8+/t15-/m0/s1. The van der Waals surface area contributed by atoms with Crippen molar-refractivity contribution < 1.29 is 19.1 Å². The van der Waals surface area contributed by atoms with Gasteiger partial charge in [-0.15, -0.1) is 11.8 Å². The molecule has 0 aromatic heterocycles. The summed E-state index contributed by atoms with van der Waals surface area (Å²) < 4.78 is 10.3. The summed E-state index contributed by atoms with van der Waals surface area (Å²) in [6.45, 7) is 3.51. The van der Waals surface area contributed by atoms with E-state index in [-0.39, 0.29) is 17.1 Å². The van der Waals surface area contributed by atoms with E-state index in [9.17, 15) is 9.59 Å². The van der Waals surface area contributed by atoms with Gasteiger partial charge in [0.15, 0.2) is 0 Å². The van der Waals surface area contributed by atoms with Gasteiger partial charge in [-0.25, -0.2) is 0 Å². The second-order valence-corrected chi connectivity index (χ2v) is 6.28. The monoisotopic (exact) mass is 335 g/mol. The number of carbonyl (C=O) groups is 2. The number of ether oxygens (including phenoxy) is 2. The minimum Gasteiger partial charge on any atom is -0.493 e. The molecule has 1 aromatic carbocycles. The zero-order valence-electron chi connectivity index (χ0n) is 13.4. The summed E-state index contributed by atoms with van der Waals surface area (Å²) in [5.74, 6) is 1.10. The normalized spacial score (nSPS) is 18.0. The van der Waals surface area contributed by atoms with Gasteiger partial charge in [0.25, 0.3) is 0 Å². The Balaban J connectivity index is 2.02. The van der Waals surface area contributed by atoms with Crippen LogP contribution in [0.15, 0.2) is 30.3 Å². The molecule has 1 amide bonds. The van der Waals surface area contributed by atoms with Crippen LogP contribution in [0.5, 0.6) is 5.75 Å². The number of thioether (sulfide) groups is 1. The number of rotatable bonds is 5. The molecule has 1 aliphatic heterocycles. The van der Waals surface area contributed by atoms with Gasteiger partial charge in [0, 0.05) is 30.5 Å². The SMILES string of the molecule is CCOc1ccccc1/C=C/C(=O)N1CCS[C@H](C(=O)OC)C1. The summed E-state index contributed by atoms with van der Waals surface area (Å²) >= 11 is 1.53. The number of methoxy groups -OCH3 is 1. The average Bonchev–Trinajstić information content (AvgIpc) is 2.60. The van der Waals surface area contributed by atoms with E-state index in [0.29, 0.717) is 19.7 Å². The van der Waals surface area contributed by atoms with Crippen LogP contribution in [0.3, 0.4) is 0 Å². The van der Waals surface area contributed by atoms with Gasteiger partial charge < -0.3 is 14.4 Å². The van der Waals surface area contributed by atoms with Gasteiger partial charge in [-0.1, -0.05) is 18.2 Å². The van der Waals surface area contributed by atoms with Gasteiger partial charge in [0.05, 0.1) is 13.7 Å². The number of amides is 1. The van der Waals surface area contributed by atoms with E-state index in [1.165, 1.54) is 24.9 Å². The van der Waals surface area contributed by atoms with Crippen LogP contribution in [0, 0.1) is 0 Å². The Morgan fingerprint density at radius 1 is 1.39 bits per heavy atom. The zero-order valence-corrected chi connectivity index (χ0v) is 14.2. The fourth-order valence-corrected chi connectivity index (χ4v) is 3.42. The highest BCUT2D eigenvalue weighted by Gasteiger charge is 2.28. The summed E-state index contributed by atoms with van der Waals surface area (Å²) in [6, 6.07) is 7.57. The summed E-state index contributed by atoms with van der Waals surface area (Å²) in [5.41, 5.74) is 0.860. The van der Waals surface area contributed by atoms with E-state index in [2.05, 4.69) is 0 Å². The number of carbonyl (C=O) groups excluding carboxylic acids is 2. The van der Waals surface area contributed by atoms with Crippen molar-refractivity contribution >= 4 is 29.7 Å². The van der Waals surface area contributed by atoms with E-state index in [4.69, 9.17) is 9.47 Å². The quantitative estimate of drug-likeness (QED) is 0.610. The van der Waals surface area contributed by atoms with Gasteiger partial charge in [0.1, 0.15) is 11.0 Å². The second kappa shape index (κ2) is 8.62. The Morgan fingerprint density at radius 2 is 2.17 bits per heavy atom. The van der Waals surface area contributed by atoms with Crippen molar-refractivity contribution in [2.45, 2.75) is 12.2 Å². The topological polar surface area (TPSA) is 55.8 Å². The van der Waals surface area contributed by atoms with Crippen molar-refractivity contribution in [2.75, 3.05) is 32.6 Å². The van der Waals surface area contributed by atoms with Crippen LogP contribution >= 0.6 is 11.8 Å². The zero-order chi connectivity index (χ0) is 16.7. The maximum absolute atomic E-state index is 12.3. The molecule has 6 heteroatoms. The third-order valence-corrected chi connectivity index (χ3v) is 4.63. The van der Waals surface area contributed by atoms with Crippen LogP contribution < -0.4 is 4.74 Å². The Kier molecular flexibility index (Phi) is 6.52. The van der Waals surface area contributed by atoms with Crippen LogP contribution in [0.1, 0.15) is 12.5 Å². The predicted molar refractivity (Wildman–Crippen MR) is 91.5 cm³/mol. The van der Waals surface area contributed by atoms with Gasteiger partial charge in [-0.2, -0.15) is 0 Å². The molecule has 1 aliphatic rings. The van der Waals surface area contributed by atoms with E-state index in [0.717, 1.165) is 17.1 Å². The third-order valence-electron chi connectivity index (χ3n) is 3.47. The fraction of sp³-hybridized carbons (Fsp3) is 0.412.